The Hall–Kier alpha value is -1.99. The summed E-state index contributed by atoms with van der Waals surface area (Å²) in [6.45, 7) is 4.91. The molecule has 2 heterocycles. The molecule has 1 N–H and O–H groups in total. The molecule has 6 nitrogen and oxygen atoms in total. The van der Waals surface area contributed by atoms with Crippen molar-refractivity contribution in [2.75, 3.05) is 17.8 Å². The van der Waals surface area contributed by atoms with Crippen LogP contribution in [0.25, 0.3) is 0 Å². The van der Waals surface area contributed by atoms with Crippen molar-refractivity contribution in [1.29, 1.82) is 0 Å². The molecule has 0 spiro atoms. The van der Waals surface area contributed by atoms with E-state index >= 15 is 0 Å². The lowest BCUT2D eigenvalue weighted by molar-refractivity contribution is 0.0783. The van der Waals surface area contributed by atoms with Crippen molar-refractivity contribution in [2.24, 2.45) is 7.05 Å². The Morgan fingerprint density at radius 2 is 1.81 bits per heavy atom. The number of carbonyl (C=O) groups is 1. The van der Waals surface area contributed by atoms with Gasteiger partial charge in [0.15, 0.2) is 0 Å². The number of carbonyl (C=O) groups excluding carboxylic acids is 1. The van der Waals surface area contributed by atoms with Gasteiger partial charge in [-0.1, -0.05) is 11.6 Å². The number of anilines is 1. The van der Waals surface area contributed by atoms with Crippen molar-refractivity contribution in [2.45, 2.75) is 31.6 Å². The minimum atomic E-state index is -3.82. The molecule has 1 aliphatic rings. The number of nitrogens with one attached hydrogen (secondary N) is 1. The highest BCUT2D eigenvalue weighted by Crippen LogP contribution is 2.26. The number of amides is 1. The predicted molar refractivity (Wildman–Crippen MR) is 102 cm³/mol. The molecule has 140 valence electrons. The fraction of sp³-hybridized carbons (Fsp3) is 0.389. The van der Waals surface area contributed by atoms with Crippen LogP contribution in [0.1, 0.15) is 34.6 Å². The first-order valence-electron chi connectivity index (χ1n) is 8.45. The number of nitrogens with zero attached hydrogens (tertiary/aromatic N) is 2. The van der Waals surface area contributed by atoms with Crippen LogP contribution in [0.3, 0.4) is 0 Å². The summed E-state index contributed by atoms with van der Waals surface area (Å²) in [4.78, 5) is 14.6. The van der Waals surface area contributed by atoms with Gasteiger partial charge in [0.05, 0.1) is 5.69 Å². The fourth-order valence-electron chi connectivity index (χ4n) is 3.17. The van der Waals surface area contributed by atoms with Crippen LogP contribution in [0.4, 0.5) is 5.69 Å². The topological polar surface area (TPSA) is 71.4 Å². The number of aryl methyl sites for hydroxylation is 1. The second-order valence-corrected chi connectivity index (χ2v) is 8.69. The van der Waals surface area contributed by atoms with Crippen LogP contribution in [0.5, 0.6) is 0 Å². The van der Waals surface area contributed by atoms with Gasteiger partial charge in [0, 0.05) is 30.9 Å². The molecule has 0 saturated carbocycles. The Bertz CT molecular complexity index is 960. The predicted octanol–water partition coefficient (Wildman–Crippen LogP) is 3.33. The molecule has 8 heteroatoms. The van der Waals surface area contributed by atoms with Gasteiger partial charge in [-0.15, -0.1) is 0 Å². The zero-order valence-electron chi connectivity index (χ0n) is 15.0. The number of sulfonamides is 1. The first kappa shape index (κ1) is 18.8. The van der Waals surface area contributed by atoms with Crippen LogP contribution in [0.2, 0.25) is 5.02 Å². The molecule has 1 saturated heterocycles. The molecular weight excluding hydrogens is 374 g/mol. The van der Waals surface area contributed by atoms with Crippen LogP contribution >= 0.6 is 11.6 Å². The summed E-state index contributed by atoms with van der Waals surface area (Å²) < 4.78 is 30.0. The molecule has 0 aliphatic carbocycles. The SMILES string of the molecule is Cc1cc(Cl)ccc1NS(=O)(=O)c1cc(C(=O)N2CCCC2)n(C)c1C. The number of aromatic nitrogens is 1. The van der Waals surface area contributed by atoms with Gasteiger partial charge in [0.25, 0.3) is 15.9 Å². The molecule has 1 amide bonds. The number of likely N-dealkylation sites (tertiary alicyclic amines) is 1. The third-order valence-corrected chi connectivity index (χ3v) is 6.54. The molecular formula is C18H22ClN3O3S. The molecule has 2 aromatic rings. The van der Waals surface area contributed by atoms with E-state index in [1.807, 2.05) is 0 Å². The third-order valence-electron chi connectivity index (χ3n) is 4.82. The Labute approximate surface area is 158 Å². The van der Waals surface area contributed by atoms with Crippen LogP contribution < -0.4 is 4.72 Å². The number of rotatable bonds is 4. The van der Waals surface area contributed by atoms with E-state index in [1.165, 1.54) is 6.07 Å². The van der Waals surface area contributed by atoms with Gasteiger partial charge in [0.1, 0.15) is 10.6 Å². The number of hydrogen-bond donors (Lipinski definition) is 1. The van der Waals surface area contributed by atoms with E-state index in [2.05, 4.69) is 4.72 Å². The molecule has 1 fully saturated rings. The van der Waals surface area contributed by atoms with E-state index < -0.39 is 10.0 Å². The van der Waals surface area contributed by atoms with Crippen molar-refractivity contribution >= 4 is 33.2 Å². The molecule has 1 aliphatic heterocycles. The lowest BCUT2D eigenvalue weighted by Gasteiger charge is -2.15. The Balaban J connectivity index is 1.95. The van der Waals surface area contributed by atoms with E-state index in [1.54, 1.807) is 48.6 Å². The zero-order valence-corrected chi connectivity index (χ0v) is 16.6. The Morgan fingerprint density at radius 3 is 2.42 bits per heavy atom. The molecule has 26 heavy (non-hydrogen) atoms. The molecule has 0 unspecified atom stereocenters. The smallest absolute Gasteiger partial charge is 0.270 e. The maximum Gasteiger partial charge on any atom is 0.270 e. The number of hydrogen-bond acceptors (Lipinski definition) is 3. The van der Waals surface area contributed by atoms with Crippen molar-refractivity contribution < 1.29 is 13.2 Å². The highest BCUT2D eigenvalue weighted by molar-refractivity contribution is 7.92. The van der Waals surface area contributed by atoms with E-state index in [-0.39, 0.29) is 10.8 Å². The van der Waals surface area contributed by atoms with Gasteiger partial charge in [-0.25, -0.2) is 8.42 Å². The minimum absolute atomic E-state index is 0.108. The molecule has 1 aromatic heterocycles. The third kappa shape index (κ3) is 3.46. The van der Waals surface area contributed by atoms with Gasteiger partial charge >= 0.3 is 0 Å². The van der Waals surface area contributed by atoms with Crippen LogP contribution in [-0.4, -0.2) is 36.9 Å². The van der Waals surface area contributed by atoms with E-state index in [9.17, 15) is 13.2 Å². The highest BCUT2D eigenvalue weighted by atomic mass is 35.5. The first-order chi connectivity index (χ1) is 12.2. The first-order valence-corrected chi connectivity index (χ1v) is 10.3. The van der Waals surface area contributed by atoms with Gasteiger partial charge in [-0.2, -0.15) is 0 Å². The van der Waals surface area contributed by atoms with Crippen molar-refractivity contribution in [1.82, 2.24) is 9.47 Å². The van der Waals surface area contributed by atoms with Crippen LogP contribution in [-0.2, 0) is 17.1 Å². The fourth-order valence-corrected chi connectivity index (χ4v) is 4.82. The number of benzene rings is 1. The minimum Gasteiger partial charge on any atom is -0.343 e. The summed E-state index contributed by atoms with van der Waals surface area (Å²) in [6.07, 6.45) is 1.97. The summed E-state index contributed by atoms with van der Waals surface area (Å²) >= 11 is 5.93. The van der Waals surface area contributed by atoms with Crippen molar-refractivity contribution in [3.63, 3.8) is 0 Å². The van der Waals surface area contributed by atoms with Gasteiger partial charge in [0.2, 0.25) is 0 Å². The van der Waals surface area contributed by atoms with E-state index in [4.69, 9.17) is 11.6 Å². The average Bonchev–Trinajstić information content (AvgIpc) is 3.20. The largest absolute Gasteiger partial charge is 0.343 e. The maximum atomic E-state index is 12.9. The second kappa shape index (κ2) is 6.96. The maximum absolute atomic E-state index is 12.9. The van der Waals surface area contributed by atoms with E-state index in [0.717, 1.165) is 18.4 Å². The van der Waals surface area contributed by atoms with Crippen molar-refractivity contribution in [3.05, 3.63) is 46.2 Å². The van der Waals surface area contributed by atoms with Gasteiger partial charge < -0.3 is 9.47 Å². The average molecular weight is 396 g/mol. The number of halogens is 1. The van der Waals surface area contributed by atoms with E-state index in [0.29, 0.717) is 35.2 Å². The highest BCUT2D eigenvalue weighted by Gasteiger charge is 2.28. The zero-order chi connectivity index (χ0) is 19.1. The summed E-state index contributed by atoms with van der Waals surface area (Å²) in [5.74, 6) is -0.128. The molecule has 1 aromatic carbocycles. The molecule has 0 bridgehead atoms. The summed E-state index contributed by atoms with van der Waals surface area (Å²) in [5.41, 5.74) is 2.09. The van der Waals surface area contributed by atoms with Crippen LogP contribution in [0, 0.1) is 13.8 Å². The standard InChI is InChI=1S/C18H22ClN3O3S/c1-12-10-14(19)6-7-15(12)20-26(24,25)17-11-16(21(3)13(17)2)18(23)22-8-4-5-9-22/h6-7,10-11,20H,4-5,8-9H2,1-3H3. The van der Waals surface area contributed by atoms with Crippen molar-refractivity contribution in [3.8, 4) is 0 Å². The molecule has 3 rings (SSSR count). The molecule has 0 atom stereocenters. The summed E-state index contributed by atoms with van der Waals surface area (Å²) in [7, 11) is -2.11. The monoisotopic (exact) mass is 395 g/mol. The van der Waals surface area contributed by atoms with Crippen LogP contribution in [0.15, 0.2) is 29.2 Å². The summed E-state index contributed by atoms with van der Waals surface area (Å²) in [5, 5.41) is 0.542. The second-order valence-electron chi connectivity index (χ2n) is 6.60. The Kier molecular flexibility index (Phi) is 5.03. The lowest BCUT2D eigenvalue weighted by Crippen LogP contribution is -2.29. The summed E-state index contributed by atoms with van der Waals surface area (Å²) in [6, 6.07) is 6.42. The van der Waals surface area contributed by atoms with Gasteiger partial charge in [-0.3, -0.25) is 9.52 Å². The molecule has 0 radical (unpaired) electrons. The Morgan fingerprint density at radius 1 is 1.15 bits per heavy atom. The quantitative estimate of drug-likeness (QED) is 0.863. The lowest BCUT2D eigenvalue weighted by atomic mass is 10.2. The van der Waals surface area contributed by atoms with Gasteiger partial charge in [-0.05, 0) is 56.5 Å². The normalized spacial score (nSPS) is 14.7.